The second-order valence-corrected chi connectivity index (χ2v) is 8.17. The number of para-hydroxylation sites is 1. The van der Waals surface area contributed by atoms with Gasteiger partial charge in [-0.25, -0.2) is 0 Å². The molecule has 1 saturated carbocycles. The van der Waals surface area contributed by atoms with Gasteiger partial charge in [-0.1, -0.05) is 18.2 Å². The van der Waals surface area contributed by atoms with E-state index in [4.69, 9.17) is 9.47 Å². The van der Waals surface area contributed by atoms with Gasteiger partial charge < -0.3 is 24.6 Å². The fourth-order valence-corrected chi connectivity index (χ4v) is 3.91. The van der Waals surface area contributed by atoms with Crippen LogP contribution in [0.3, 0.4) is 0 Å². The van der Waals surface area contributed by atoms with Gasteiger partial charge in [0.2, 0.25) is 0 Å². The molecule has 0 bridgehead atoms. The number of amides is 2. The van der Waals surface area contributed by atoms with Gasteiger partial charge in [0.1, 0.15) is 6.17 Å². The van der Waals surface area contributed by atoms with Crippen LogP contribution in [0.4, 0.5) is 5.69 Å². The van der Waals surface area contributed by atoms with Crippen molar-refractivity contribution in [1.29, 1.82) is 0 Å². The van der Waals surface area contributed by atoms with Crippen LogP contribution in [0.1, 0.15) is 48.8 Å². The predicted molar refractivity (Wildman–Crippen MR) is 118 cm³/mol. The third-order valence-electron chi connectivity index (χ3n) is 5.58. The normalized spacial score (nSPS) is 18.6. The maximum Gasteiger partial charge on any atom is 0.262 e. The Hall–Kier alpha value is -3.22. The summed E-state index contributed by atoms with van der Waals surface area (Å²) >= 11 is 0. The van der Waals surface area contributed by atoms with Crippen LogP contribution in [0.5, 0.6) is 11.5 Å². The quantitative estimate of drug-likeness (QED) is 0.736. The van der Waals surface area contributed by atoms with Crippen molar-refractivity contribution < 1.29 is 19.1 Å². The number of fused-ring (bicyclic) bond motifs is 1. The summed E-state index contributed by atoms with van der Waals surface area (Å²) < 4.78 is 11.7. The molecule has 2 aromatic rings. The Bertz CT molecular complexity index is 987. The van der Waals surface area contributed by atoms with Gasteiger partial charge in [0, 0.05) is 25.8 Å². The molecule has 164 valence electrons. The molecule has 0 radical (unpaired) electrons. The zero-order valence-corrected chi connectivity index (χ0v) is 18.4. The molecule has 1 heterocycles. The molecule has 2 amide bonds. The van der Waals surface area contributed by atoms with Crippen LogP contribution >= 0.6 is 0 Å². The van der Waals surface area contributed by atoms with Crippen molar-refractivity contribution in [3.63, 3.8) is 0 Å². The van der Waals surface area contributed by atoms with E-state index in [1.54, 1.807) is 21.0 Å². The molecule has 4 rings (SSSR count). The number of rotatable bonds is 7. The summed E-state index contributed by atoms with van der Waals surface area (Å²) in [6.07, 6.45) is 1.10. The molecule has 0 aromatic heterocycles. The first-order valence-electron chi connectivity index (χ1n) is 10.7. The Kier molecular flexibility index (Phi) is 5.76. The minimum absolute atomic E-state index is 0.0466. The van der Waals surface area contributed by atoms with Gasteiger partial charge in [0.05, 0.1) is 12.2 Å². The second kappa shape index (κ2) is 8.49. The topological polar surface area (TPSA) is 71.1 Å². The number of likely N-dealkylation sites (N-methyl/N-ethyl adjacent to an activating group) is 1. The number of anilines is 1. The van der Waals surface area contributed by atoms with Crippen molar-refractivity contribution >= 4 is 17.5 Å². The summed E-state index contributed by atoms with van der Waals surface area (Å²) in [5.41, 5.74) is 2.45. The minimum Gasteiger partial charge on any atom is -0.490 e. The molecule has 7 heteroatoms. The zero-order valence-electron chi connectivity index (χ0n) is 18.4. The number of nitrogens with one attached hydrogen (secondary N) is 1. The van der Waals surface area contributed by atoms with E-state index >= 15 is 0 Å². The first-order chi connectivity index (χ1) is 14.9. The summed E-state index contributed by atoms with van der Waals surface area (Å²) in [4.78, 5) is 28.9. The van der Waals surface area contributed by atoms with Crippen LogP contribution in [0.15, 0.2) is 42.5 Å². The molecule has 7 nitrogen and oxygen atoms in total. The van der Waals surface area contributed by atoms with Gasteiger partial charge in [-0.2, -0.15) is 0 Å². The lowest BCUT2D eigenvalue weighted by molar-refractivity contribution is -0.135. The van der Waals surface area contributed by atoms with Gasteiger partial charge >= 0.3 is 0 Å². The highest BCUT2D eigenvalue weighted by Gasteiger charge is 2.42. The van der Waals surface area contributed by atoms with Crippen molar-refractivity contribution in [2.45, 2.75) is 45.0 Å². The number of carbonyl (C=O) groups excluding carboxylic acids is 2. The third kappa shape index (κ3) is 4.17. The minimum atomic E-state index is -0.635. The highest BCUT2D eigenvalue weighted by Crippen LogP contribution is 2.42. The first-order valence-corrected chi connectivity index (χ1v) is 10.7. The van der Waals surface area contributed by atoms with E-state index in [0.29, 0.717) is 23.7 Å². The molecule has 1 N–H and O–H groups in total. The van der Waals surface area contributed by atoms with Gasteiger partial charge in [0.25, 0.3) is 11.8 Å². The van der Waals surface area contributed by atoms with Crippen molar-refractivity contribution in [2.24, 2.45) is 0 Å². The summed E-state index contributed by atoms with van der Waals surface area (Å²) in [6, 6.07) is 13.5. The molecule has 2 aliphatic rings. The standard InChI is InChI=1S/C24H29N3O4/c1-5-30-21-14-16(10-13-20(21)31-15(2)23(28)26(3)4)22-25-19-9-7-6-8-18(19)24(29)27(22)17-11-12-17/h6-10,13-15,17,22,25H,5,11-12H2,1-4H3/t15-,22+/m0/s1. The second-order valence-electron chi connectivity index (χ2n) is 8.17. The molecule has 1 fully saturated rings. The lowest BCUT2D eigenvalue weighted by Gasteiger charge is -2.38. The number of hydrogen-bond acceptors (Lipinski definition) is 5. The van der Waals surface area contributed by atoms with E-state index in [0.717, 1.165) is 24.1 Å². The van der Waals surface area contributed by atoms with Gasteiger partial charge in [-0.05, 0) is 56.5 Å². The maximum atomic E-state index is 13.2. The Balaban J connectivity index is 1.66. The molecule has 1 aliphatic carbocycles. The summed E-state index contributed by atoms with van der Waals surface area (Å²) in [7, 11) is 3.40. The van der Waals surface area contributed by atoms with E-state index < -0.39 is 6.10 Å². The fourth-order valence-electron chi connectivity index (χ4n) is 3.91. The monoisotopic (exact) mass is 423 g/mol. The molecule has 2 atom stereocenters. The van der Waals surface area contributed by atoms with Crippen LogP contribution < -0.4 is 14.8 Å². The number of nitrogens with zero attached hydrogens (tertiary/aromatic N) is 2. The number of hydrogen-bond donors (Lipinski definition) is 1. The van der Waals surface area contributed by atoms with Crippen LogP contribution in [0.2, 0.25) is 0 Å². The average molecular weight is 424 g/mol. The first kappa shape index (κ1) is 21.0. The summed E-state index contributed by atoms with van der Waals surface area (Å²) in [5.74, 6) is 0.990. The Morgan fingerprint density at radius 2 is 1.94 bits per heavy atom. The van der Waals surface area contributed by atoms with Crippen molar-refractivity contribution in [3.8, 4) is 11.5 Å². The SMILES string of the molecule is CCOc1cc([C@@H]2Nc3ccccc3C(=O)N2C2CC2)ccc1O[C@@H](C)C(=O)N(C)C. The van der Waals surface area contributed by atoms with Crippen molar-refractivity contribution in [3.05, 3.63) is 53.6 Å². The van der Waals surface area contributed by atoms with Gasteiger partial charge in [-0.15, -0.1) is 0 Å². The largest absolute Gasteiger partial charge is 0.490 e. The molecule has 2 aromatic carbocycles. The molecule has 0 saturated heterocycles. The predicted octanol–water partition coefficient (Wildman–Crippen LogP) is 3.67. The smallest absolute Gasteiger partial charge is 0.262 e. The van der Waals surface area contributed by atoms with Crippen LogP contribution in [-0.2, 0) is 4.79 Å². The van der Waals surface area contributed by atoms with Crippen LogP contribution in [-0.4, -0.2) is 54.5 Å². The highest BCUT2D eigenvalue weighted by atomic mass is 16.5. The third-order valence-corrected chi connectivity index (χ3v) is 5.58. The average Bonchev–Trinajstić information content (AvgIpc) is 3.59. The van der Waals surface area contributed by atoms with E-state index in [2.05, 4.69) is 5.32 Å². The molecule has 0 unspecified atom stereocenters. The highest BCUT2D eigenvalue weighted by molar-refractivity contribution is 6.02. The Morgan fingerprint density at radius 1 is 1.19 bits per heavy atom. The molecule has 31 heavy (non-hydrogen) atoms. The Labute approximate surface area is 182 Å². The van der Waals surface area contributed by atoms with E-state index in [9.17, 15) is 9.59 Å². The van der Waals surface area contributed by atoms with E-state index in [1.165, 1.54) is 4.90 Å². The van der Waals surface area contributed by atoms with E-state index in [-0.39, 0.29) is 24.0 Å². The molecule has 1 aliphatic heterocycles. The molecular formula is C24H29N3O4. The van der Waals surface area contributed by atoms with Crippen LogP contribution in [0.25, 0.3) is 0 Å². The molecular weight excluding hydrogens is 394 g/mol. The Morgan fingerprint density at radius 3 is 2.61 bits per heavy atom. The fraction of sp³-hybridized carbons (Fsp3) is 0.417. The van der Waals surface area contributed by atoms with E-state index in [1.807, 2.05) is 54.3 Å². The zero-order chi connectivity index (χ0) is 22.1. The number of carbonyl (C=O) groups is 2. The van der Waals surface area contributed by atoms with Crippen molar-refractivity contribution in [1.82, 2.24) is 9.80 Å². The van der Waals surface area contributed by atoms with Gasteiger partial charge in [-0.3, -0.25) is 9.59 Å². The summed E-state index contributed by atoms with van der Waals surface area (Å²) in [6.45, 7) is 4.08. The van der Waals surface area contributed by atoms with Crippen molar-refractivity contribution in [2.75, 3.05) is 26.0 Å². The number of benzene rings is 2. The lowest BCUT2D eigenvalue weighted by Crippen LogP contribution is -2.44. The van der Waals surface area contributed by atoms with Crippen LogP contribution in [0, 0.1) is 0 Å². The number of ether oxygens (including phenoxy) is 2. The van der Waals surface area contributed by atoms with Gasteiger partial charge in [0.15, 0.2) is 17.6 Å². The maximum absolute atomic E-state index is 13.2. The summed E-state index contributed by atoms with van der Waals surface area (Å²) in [5, 5.41) is 3.53. The lowest BCUT2D eigenvalue weighted by atomic mass is 10.0. The molecule has 0 spiro atoms.